The van der Waals surface area contributed by atoms with Gasteiger partial charge in [-0.2, -0.15) is 0 Å². The van der Waals surface area contributed by atoms with E-state index in [1.165, 1.54) is 37.1 Å². The molecule has 1 heterocycles. The van der Waals surface area contributed by atoms with E-state index in [-0.39, 0.29) is 11.6 Å². The molecule has 23 heavy (non-hydrogen) atoms. The zero-order valence-corrected chi connectivity index (χ0v) is 12.6. The van der Waals surface area contributed by atoms with Crippen LogP contribution >= 0.6 is 0 Å². The summed E-state index contributed by atoms with van der Waals surface area (Å²) in [5, 5.41) is 0. The SMILES string of the molecule is Fc1ccc(-c2[nH]c[n+](CC3CC3)c2-c2ccc(F)cc2)cc1. The van der Waals surface area contributed by atoms with E-state index < -0.39 is 0 Å². The van der Waals surface area contributed by atoms with Crippen LogP contribution in [0.1, 0.15) is 12.8 Å². The van der Waals surface area contributed by atoms with E-state index in [9.17, 15) is 8.78 Å². The minimum Gasteiger partial charge on any atom is -0.243 e. The molecule has 1 aliphatic rings. The van der Waals surface area contributed by atoms with Gasteiger partial charge in [0.25, 0.3) is 0 Å². The summed E-state index contributed by atoms with van der Waals surface area (Å²) in [5.74, 6) is 0.215. The Morgan fingerprint density at radius 1 is 0.870 bits per heavy atom. The van der Waals surface area contributed by atoms with Gasteiger partial charge in [0.15, 0.2) is 11.4 Å². The molecular formula is C19H17F2N2+. The minimum absolute atomic E-state index is 0.249. The van der Waals surface area contributed by atoms with Gasteiger partial charge in [0.1, 0.15) is 11.6 Å². The van der Waals surface area contributed by atoms with Crippen LogP contribution in [-0.2, 0) is 6.54 Å². The molecule has 1 N–H and O–H groups in total. The third kappa shape index (κ3) is 2.89. The Hall–Kier alpha value is -2.49. The maximum absolute atomic E-state index is 13.3. The lowest BCUT2D eigenvalue weighted by Gasteiger charge is -2.04. The fraction of sp³-hybridized carbons (Fsp3) is 0.211. The van der Waals surface area contributed by atoms with Crippen molar-refractivity contribution in [2.24, 2.45) is 5.92 Å². The van der Waals surface area contributed by atoms with Crippen molar-refractivity contribution >= 4 is 0 Å². The smallest absolute Gasteiger partial charge is 0.242 e. The molecule has 0 aliphatic heterocycles. The molecule has 0 saturated heterocycles. The highest BCUT2D eigenvalue weighted by atomic mass is 19.1. The number of aromatic amines is 1. The molecule has 2 aromatic carbocycles. The van der Waals surface area contributed by atoms with Gasteiger partial charge in [0.05, 0.1) is 6.54 Å². The van der Waals surface area contributed by atoms with Crippen LogP contribution < -0.4 is 4.57 Å². The lowest BCUT2D eigenvalue weighted by Crippen LogP contribution is -2.34. The van der Waals surface area contributed by atoms with E-state index in [0.717, 1.165) is 35.0 Å². The molecule has 3 aromatic rings. The zero-order chi connectivity index (χ0) is 15.8. The molecule has 1 aliphatic carbocycles. The molecule has 2 nitrogen and oxygen atoms in total. The first-order valence-electron chi connectivity index (χ1n) is 7.83. The molecule has 0 radical (unpaired) electrons. The van der Waals surface area contributed by atoms with E-state index in [2.05, 4.69) is 9.55 Å². The van der Waals surface area contributed by atoms with Crippen LogP contribution in [0.5, 0.6) is 0 Å². The van der Waals surface area contributed by atoms with E-state index in [0.29, 0.717) is 0 Å². The van der Waals surface area contributed by atoms with Gasteiger partial charge in [-0.25, -0.2) is 18.3 Å². The molecule has 4 rings (SSSR count). The Kier molecular flexibility index (Phi) is 3.45. The summed E-state index contributed by atoms with van der Waals surface area (Å²) in [5.41, 5.74) is 3.81. The largest absolute Gasteiger partial charge is 0.243 e. The van der Waals surface area contributed by atoms with Crippen molar-refractivity contribution in [3.8, 4) is 22.5 Å². The van der Waals surface area contributed by atoms with Crippen LogP contribution in [0.2, 0.25) is 0 Å². The highest BCUT2D eigenvalue weighted by Gasteiger charge is 2.28. The number of aromatic nitrogens is 2. The minimum atomic E-state index is -0.255. The maximum atomic E-state index is 13.3. The fourth-order valence-electron chi connectivity index (χ4n) is 2.90. The Bertz CT molecular complexity index is 816. The van der Waals surface area contributed by atoms with Crippen molar-refractivity contribution in [3.05, 3.63) is 66.5 Å². The Morgan fingerprint density at radius 3 is 2.00 bits per heavy atom. The van der Waals surface area contributed by atoms with Crippen molar-refractivity contribution in [3.63, 3.8) is 0 Å². The highest BCUT2D eigenvalue weighted by Crippen LogP contribution is 2.32. The van der Waals surface area contributed by atoms with Crippen LogP contribution in [0.15, 0.2) is 54.9 Å². The Balaban J connectivity index is 1.83. The summed E-state index contributed by atoms with van der Waals surface area (Å²) in [4.78, 5) is 3.30. The highest BCUT2D eigenvalue weighted by molar-refractivity contribution is 5.75. The average Bonchev–Trinajstić information content (AvgIpc) is 3.28. The zero-order valence-electron chi connectivity index (χ0n) is 12.6. The summed E-state index contributed by atoms with van der Waals surface area (Å²) in [6.07, 6.45) is 4.47. The van der Waals surface area contributed by atoms with Crippen molar-refractivity contribution in [1.82, 2.24) is 4.98 Å². The summed E-state index contributed by atoms with van der Waals surface area (Å²) >= 11 is 0. The first kappa shape index (κ1) is 14.1. The third-order valence-corrected chi connectivity index (χ3v) is 4.29. The Labute approximate surface area is 133 Å². The monoisotopic (exact) mass is 311 g/mol. The number of H-pyrrole nitrogens is 1. The predicted octanol–water partition coefficient (Wildman–Crippen LogP) is 4.32. The molecule has 4 heteroatoms. The molecule has 0 bridgehead atoms. The summed E-state index contributed by atoms with van der Waals surface area (Å²) in [6, 6.07) is 12.9. The van der Waals surface area contributed by atoms with Crippen LogP contribution in [0.25, 0.3) is 22.5 Å². The van der Waals surface area contributed by atoms with Crippen LogP contribution in [0, 0.1) is 17.6 Å². The molecule has 1 aromatic heterocycles. The lowest BCUT2D eigenvalue weighted by atomic mass is 10.0. The van der Waals surface area contributed by atoms with Crippen LogP contribution in [0.4, 0.5) is 8.78 Å². The number of halogens is 2. The number of hydrogen-bond acceptors (Lipinski definition) is 0. The third-order valence-electron chi connectivity index (χ3n) is 4.29. The van der Waals surface area contributed by atoms with Crippen molar-refractivity contribution in [2.75, 3.05) is 0 Å². The molecule has 116 valence electrons. The molecule has 0 unspecified atom stereocenters. The normalized spacial score (nSPS) is 14.2. The van der Waals surface area contributed by atoms with Gasteiger partial charge in [-0.05, 0) is 67.3 Å². The number of nitrogens with one attached hydrogen (secondary N) is 1. The standard InChI is InChI=1S/C19H16F2N2/c20-16-7-3-14(4-8-16)18-19(15-5-9-17(21)10-6-15)23(12-22-18)11-13-1-2-13/h3-10,12-13H,1-2,11H2/p+1. The molecule has 0 atom stereocenters. The topological polar surface area (TPSA) is 19.7 Å². The summed E-state index contributed by atoms with van der Waals surface area (Å²) in [6.45, 7) is 0.949. The fourth-order valence-corrected chi connectivity index (χ4v) is 2.90. The average molecular weight is 311 g/mol. The molecule has 1 saturated carbocycles. The van der Waals surface area contributed by atoms with E-state index in [4.69, 9.17) is 0 Å². The second-order valence-electron chi connectivity index (χ2n) is 6.11. The number of nitrogens with zero attached hydrogens (tertiary/aromatic N) is 1. The first-order valence-corrected chi connectivity index (χ1v) is 7.83. The van der Waals surface area contributed by atoms with Gasteiger partial charge in [0.2, 0.25) is 6.33 Å². The molecule has 0 spiro atoms. The first-order chi connectivity index (χ1) is 11.2. The lowest BCUT2D eigenvalue weighted by molar-refractivity contribution is -0.688. The second-order valence-corrected chi connectivity index (χ2v) is 6.11. The molecule has 1 fully saturated rings. The summed E-state index contributed by atoms with van der Waals surface area (Å²) in [7, 11) is 0. The molecular weight excluding hydrogens is 294 g/mol. The number of benzene rings is 2. The van der Waals surface area contributed by atoms with E-state index >= 15 is 0 Å². The van der Waals surface area contributed by atoms with Gasteiger partial charge in [-0.3, -0.25) is 0 Å². The van der Waals surface area contributed by atoms with Crippen LogP contribution in [-0.4, -0.2) is 4.98 Å². The maximum Gasteiger partial charge on any atom is 0.242 e. The molecule has 0 amide bonds. The van der Waals surface area contributed by atoms with Crippen molar-refractivity contribution in [2.45, 2.75) is 19.4 Å². The van der Waals surface area contributed by atoms with Gasteiger partial charge in [-0.1, -0.05) is 0 Å². The van der Waals surface area contributed by atoms with Gasteiger partial charge in [-0.15, -0.1) is 0 Å². The van der Waals surface area contributed by atoms with Gasteiger partial charge >= 0.3 is 0 Å². The number of rotatable bonds is 4. The number of imidazole rings is 1. The predicted molar refractivity (Wildman–Crippen MR) is 84.5 cm³/mol. The summed E-state index contributed by atoms with van der Waals surface area (Å²) < 4.78 is 28.6. The van der Waals surface area contributed by atoms with Crippen molar-refractivity contribution < 1.29 is 13.3 Å². The van der Waals surface area contributed by atoms with E-state index in [1.807, 2.05) is 6.33 Å². The van der Waals surface area contributed by atoms with Crippen LogP contribution in [0.3, 0.4) is 0 Å². The Morgan fingerprint density at radius 2 is 1.43 bits per heavy atom. The quantitative estimate of drug-likeness (QED) is 0.692. The van der Waals surface area contributed by atoms with Gasteiger partial charge in [0, 0.05) is 11.1 Å². The second kappa shape index (κ2) is 5.61. The van der Waals surface area contributed by atoms with Gasteiger partial charge < -0.3 is 0 Å². The number of hydrogen-bond donors (Lipinski definition) is 1. The van der Waals surface area contributed by atoms with E-state index in [1.54, 1.807) is 24.3 Å². The van der Waals surface area contributed by atoms with Crippen molar-refractivity contribution in [1.29, 1.82) is 0 Å².